The molecule has 1 saturated carbocycles. The molecule has 2 aromatic rings. The maximum absolute atomic E-state index is 6.14. The Balaban J connectivity index is 1.99. The summed E-state index contributed by atoms with van der Waals surface area (Å²) in [5, 5.41) is 0.674. The molecular formula is C13H15ClN2O. The molecule has 1 aliphatic rings. The van der Waals surface area contributed by atoms with Gasteiger partial charge >= 0.3 is 0 Å². The summed E-state index contributed by atoms with van der Waals surface area (Å²) in [6.07, 6.45) is 4.55. The fourth-order valence-corrected chi connectivity index (χ4v) is 2.70. The van der Waals surface area contributed by atoms with Gasteiger partial charge in [-0.25, -0.2) is 4.98 Å². The van der Waals surface area contributed by atoms with Gasteiger partial charge in [0.25, 0.3) is 0 Å². The second kappa shape index (κ2) is 4.31. The first-order valence-corrected chi connectivity index (χ1v) is 6.43. The molecule has 3 nitrogen and oxygen atoms in total. The molecule has 17 heavy (non-hydrogen) atoms. The lowest BCUT2D eigenvalue weighted by Gasteiger charge is -2.25. The highest BCUT2D eigenvalue weighted by atomic mass is 35.5. The predicted molar refractivity (Wildman–Crippen MR) is 68.2 cm³/mol. The molecule has 90 valence electrons. The smallest absolute Gasteiger partial charge is 0.200 e. The van der Waals surface area contributed by atoms with E-state index in [-0.39, 0.29) is 12.0 Å². The minimum atomic E-state index is 0.173. The van der Waals surface area contributed by atoms with Crippen molar-refractivity contribution in [3.8, 4) is 0 Å². The number of nitrogens with zero attached hydrogens (tertiary/aromatic N) is 1. The van der Waals surface area contributed by atoms with E-state index in [2.05, 4.69) is 4.98 Å². The van der Waals surface area contributed by atoms with Gasteiger partial charge in [-0.2, -0.15) is 0 Å². The van der Waals surface area contributed by atoms with Gasteiger partial charge in [0.1, 0.15) is 5.52 Å². The summed E-state index contributed by atoms with van der Waals surface area (Å²) >= 11 is 5.93. The van der Waals surface area contributed by atoms with E-state index in [0.29, 0.717) is 5.02 Å². The molecule has 3 rings (SSSR count). The average Bonchev–Trinajstić information content (AvgIpc) is 2.72. The third-order valence-corrected chi connectivity index (χ3v) is 3.74. The summed E-state index contributed by atoms with van der Waals surface area (Å²) in [4.78, 5) is 4.52. The molecule has 0 spiro atoms. The molecule has 4 heteroatoms. The molecular weight excluding hydrogens is 236 g/mol. The van der Waals surface area contributed by atoms with Crippen LogP contribution >= 0.6 is 11.6 Å². The van der Waals surface area contributed by atoms with Crippen LogP contribution in [0, 0.1) is 0 Å². The van der Waals surface area contributed by atoms with Gasteiger partial charge in [0, 0.05) is 17.1 Å². The first kappa shape index (κ1) is 11.1. The van der Waals surface area contributed by atoms with E-state index in [9.17, 15) is 0 Å². The second-order valence-corrected chi connectivity index (χ2v) is 5.16. The SMILES string of the molecule is NC1CCCCC1c1nc2ccc(Cl)cc2o1. The molecule has 0 bridgehead atoms. The highest BCUT2D eigenvalue weighted by Crippen LogP contribution is 2.33. The molecule has 0 aliphatic heterocycles. The van der Waals surface area contributed by atoms with Crippen molar-refractivity contribution in [1.82, 2.24) is 4.98 Å². The van der Waals surface area contributed by atoms with E-state index < -0.39 is 0 Å². The average molecular weight is 251 g/mol. The monoisotopic (exact) mass is 250 g/mol. The molecule has 0 radical (unpaired) electrons. The Labute approximate surface area is 105 Å². The molecule has 1 heterocycles. The molecule has 1 aromatic carbocycles. The van der Waals surface area contributed by atoms with Crippen molar-refractivity contribution in [1.29, 1.82) is 0 Å². The Morgan fingerprint density at radius 3 is 2.94 bits per heavy atom. The number of oxazole rings is 1. The van der Waals surface area contributed by atoms with Crippen LogP contribution in [0.5, 0.6) is 0 Å². The molecule has 2 N–H and O–H groups in total. The van der Waals surface area contributed by atoms with Crippen molar-refractivity contribution in [2.24, 2.45) is 5.73 Å². The molecule has 2 unspecified atom stereocenters. The van der Waals surface area contributed by atoms with Crippen LogP contribution in [0.2, 0.25) is 5.02 Å². The first-order chi connectivity index (χ1) is 8.24. The van der Waals surface area contributed by atoms with Crippen molar-refractivity contribution in [3.05, 3.63) is 29.1 Å². The zero-order chi connectivity index (χ0) is 11.8. The predicted octanol–water partition coefficient (Wildman–Crippen LogP) is 3.47. The number of halogens is 1. The molecule has 2 atom stereocenters. The van der Waals surface area contributed by atoms with Gasteiger partial charge in [-0.1, -0.05) is 24.4 Å². The highest BCUT2D eigenvalue weighted by molar-refractivity contribution is 6.31. The van der Waals surface area contributed by atoms with Crippen LogP contribution in [0.3, 0.4) is 0 Å². The highest BCUT2D eigenvalue weighted by Gasteiger charge is 2.27. The quantitative estimate of drug-likeness (QED) is 0.843. The number of rotatable bonds is 1. The third kappa shape index (κ3) is 2.05. The Hall–Kier alpha value is -1.06. The lowest BCUT2D eigenvalue weighted by molar-refractivity contribution is 0.332. The number of aromatic nitrogens is 1. The van der Waals surface area contributed by atoms with Gasteiger partial charge in [-0.15, -0.1) is 0 Å². The molecule has 1 aromatic heterocycles. The lowest BCUT2D eigenvalue weighted by Crippen LogP contribution is -2.31. The molecule has 1 fully saturated rings. The molecule has 0 amide bonds. The number of benzene rings is 1. The summed E-state index contributed by atoms with van der Waals surface area (Å²) in [5.74, 6) is 1.03. The molecule has 1 aliphatic carbocycles. The number of hydrogen-bond donors (Lipinski definition) is 1. The van der Waals surface area contributed by atoms with Crippen molar-refractivity contribution in [2.75, 3.05) is 0 Å². The first-order valence-electron chi connectivity index (χ1n) is 6.05. The Bertz CT molecular complexity index is 537. The standard InChI is InChI=1S/C13H15ClN2O/c14-8-5-6-11-12(7-8)17-13(16-11)9-3-1-2-4-10(9)15/h5-7,9-10H,1-4,15H2. The topological polar surface area (TPSA) is 52.0 Å². The number of nitrogens with two attached hydrogens (primary N) is 1. The molecule has 0 saturated heterocycles. The normalized spacial score (nSPS) is 25.3. The summed E-state index contributed by atoms with van der Waals surface area (Å²) in [5.41, 5.74) is 7.75. The van der Waals surface area contributed by atoms with Crippen LogP contribution in [0.25, 0.3) is 11.1 Å². The number of hydrogen-bond acceptors (Lipinski definition) is 3. The summed E-state index contributed by atoms with van der Waals surface area (Å²) in [7, 11) is 0. The Morgan fingerprint density at radius 1 is 1.29 bits per heavy atom. The fraction of sp³-hybridized carbons (Fsp3) is 0.462. The Morgan fingerprint density at radius 2 is 2.12 bits per heavy atom. The van der Waals surface area contributed by atoms with E-state index in [1.807, 2.05) is 18.2 Å². The van der Waals surface area contributed by atoms with Crippen LogP contribution in [0.1, 0.15) is 37.5 Å². The minimum absolute atomic E-state index is 0.173. The zero-order valence-corrected chi connectivity index (χ0v) is 10.3. The largest absolute Gasteiger partial charge is 0.440 e. The third-order valence-electron chi connectivity index (χ3n) is 3.50. The van der Waals surface area contributed by atoms with E-state index in [4.69, 9.17) is 21.8 Å². The van der Waals surface area contributed by atoms with Crippen LogP contribution in [-0.2, 0) is 0 Å². The van der Waals surface area contributed by atoms with E-state index in [0.717, 1.165) is 29.8 Å². The van der Waals surface area contributed by atoms with Crippen LogP contribution in [0.4, 0.5) is 0 Å². The van der Waals surface area contributed by atoms with Crippen molar-refractivity contribution in [3.63, 3.8) is 0 Å². The summed E-state index contributed by atoms with van der Waals surface area (Å²) in [6, 6.07) is 5.70. The van der Waals surface area contributed by atoms with Gasteiger partial charge in [0.05, 0.1) is 5.92 Å². The summed E-state index contributed by atoms with van der Waals surface area (Å²) < 4.78 is 5.78. The van der Waals surface area contributed by atoms with E-state index in [1.54, 1.807) is 0 Å². The van der Waals surface area contributed by atoms with Crippen LogP contribution in [-0.4, -0.2) is 11.0 Å². The lowest BCUT2D eigenvalue weighted by atomic mass is 9.85. The maximum Gasteiger partial charge on any atom is 0.200 e. The second-order valence-electron chi connectivity index (χ2n) is 4.72. The van der Waals surface area contributed by atoms with Crippen molar-refractivity contribution >= 4 is 22.7 Å². The number of fused-ring (bicyclic) bond motifs is 1. The van der Waals surface area contributed by atoms with Gasteiger partial charge in [-0.3, -0.25) is 0 Å². The van der Waals surface area contributed by atoms with Crippen LogP contribution < -0.4 is 5.73 Å². The van der Waals surface area contributed by atoms with Gasteiger partial charge in [0.15, 0.2) is 11.5 Å². The van der Waals surface area contributed by atoms with Gasteiger partial charge in [-0.05, 0) is 25.0 Å². The van der Waals surface area contributed by atoms with Gasteiger partial charge < -0.3 is 10.2 Å². The fourth-order valence-electron chi connectivity index (χ4n) is 2.54. The Kier molecular flexibility index (Phi) is 2.81. The van der Waals surface area contributed by atoms with E-state index >= 15 is 0 Å². The minimum Gasteiger partial charge on any atom is -0.440 e. The van der Waals surface area contributed by atoms with Crippen molar-refractivity contribution in [2.45, 2.75) is 37.6 Å². The zero-order valence-electron chi connectivity index (χ0n) is 9.53. The van der Waals surface area contributed by atoms with Crippen LogP contribution in [0.15, 0.2) is 22.6 Å². The maximum atomic E-state index is 6.14. The van der Waals surface area contributed by atoms with Crippen molar-refractivity contribution < 1.29 is 4.42 Å². The van der Waals surface area contributed by atoms with Gasteiger partial charge in [0.2, 0.25) is 0 Å². The summed E-state index contributed by atoms with van der Waals surface area (Å²) in [6.45, 7) is 0. The van der Waals surface area contributed by atoms with E-state index in [1.165, 1.54) is 12.8 Å².